The van der Waals surface area contributed by atoms with Crippen molar-refractivity contribution in [3.63, 3.8) is 0 Å². The highest BCUT2D eigenvalue weighted by molar-refractivity contribution is 5.92. The molecule has 7 heteroatoms. The minimum atomic E-state index is 0. The summed E-state index contributed by atoms with van der Waals surface area (Å²) >= 11 is 0. The zero-order valence-corrected chi connectivity index (χ0v) is 14.3. The Morgan fingerprint density at radius 1 is 1.08 bits per heavy atom. The van der Waals surface area contributed by atoms with E-state index in [1.807, 2.05) is 35.2 Å². The number of hydrogen-bond acceptors (Lipinski definition) is 4. The van der Waals surface area contributed by atoms with Crippen molar-refractivity contribution >= 4 is 18.3 Å². The lowest BCUT2D eigenvalue weighted by Crippen LogP contribution is -2.33. The van der Waals surface area contributed by atoms with Crippen LogP contribution in [-0.4, -0.2) is 52.0 Å². The van der Waals surface area contributed by atoms with Gasteiger partial charge >= 0.3 is 0 Å². The molecular weight excluding hydrogens is 326 g/mol. The van der Waals surface area contributed by atoms with Crippen LogP contribution in [0.2, 0.25) is 0 Å². The van der Waals surface area contributed by atoms with Crippen LogP contribution < -0.4 is 5.32 Å². The largest absolute Gasteiger partial charge is 0.337 e. The molecule has 1 aromatic carbocycles. The number of carbonyl (C=O) groups is 1. The minimum absolute atomic E-state index is 0. The number of nitrogens with one attached hydrogen (secondary N) is 1. The molecular formula is C17H22ClN5O. The molecule has 0 radical (unpaired) electrons. The van der Waals surface area contributed by atoms with Gasteiger partial charge < -0.3 is 10.2 Å². The predicted molar refractivity (Wildman–Crippen MR) is 93.6 cm³/mol. The minimum Gasteiger partial charge on any atom is -0.337 e. The molecule has 0 aliphatic carbocycles. The van der Waals surface area contributed by atoms with E-state index in [0.29, 0.717) is 17.5 Å². The SMILES string of the molecule is Cl.O=C(c1cnn(-c2ccccc2)n1)N1CC[C@@H]2CNC[C@@H]2CC1. The number of likely N-dealkylation sites (tertiary alicyclic amines) is 1. The Morgan fingerprint density at radius 2 is 1.75 bits per heavy atom. The van der Waals surface area contributed by atoms with Crippen LogP contribution in [0.25, 0.3) is 5.69 Å². The van der Waals surface area contributed by atoms with E-state index in [2.05, 4.69) is 15.5 Å². The topological polar surface area (TPSA) is 63.1 Å². The predicted octanol–water partition coefficient (Wildman–Crippen LogP) is 1.76. The second kappa shape index (κ2) is 7.32. The maximum absolute atomic E-state index is 12.7. The van der Waals surface area contributed by atoms with Gasteiger partial charge in [-0.05, 0) is 49.9 Å². The van der Waals surface area contributed by atoms with E-state index >= 15 is 0 Å². The normalized spacial score (nSPS) is 23.2. The molecule has 6 nitrogen and oxygen atoms in total. The summed E-state index contributed by atoms with van der Waals surface area (Å²) in [4.78, 5) is 16.2. The Kier molecular flexibility index (Phi) is 5.16. The molecule has 2 aliphatic rings. The van der Waals surface area contributed by atoms with Crippen LogP contribution in [0.5, 0.6) is 0 Å². The summed E-state index contributed by atoms with van der Waals surface area (Å²) in [6.45, 7) is 3.83. The van der Waals surface area contributed by atoms with Gasteiger partial charge in [0.05, 0.1) is 11.9 Å². The van der Waals surface area contributed by atoms with Crippen LogP contribution in [-0.2, 0) is 0 Å². The molecule has 2 saturated heterocycles. The van der Waals surface area contributed by atoms with Crippen LogP contribution in [0.15, 0.2) is 36.5 Å². The van der Waals surface area contributed by atoms with Crippen LogP contribution in [0.1, 0.15) is 23.3 Å². The van der Waals surface area contributed by atoms with E-state index in [9.17, 15) is 4.79 Å². The van der Waals surface area contributed by atoms with Crippen molar-refractivity contribution in [3.8, 4) is 5.69 Å². The first-order chi connectivity index (χ1) is 11.3. The first-order valence-corrected chi connectivity index (χ1v) is 8.29. The molecule has 1 aromatic heterocycles. The van der Waals surface area contributed by atoms with Gasteiger partial charge in [-0.2, -0.15) is 9.90 Å². The lowest BCUT2D eigenvalue weighted by atomic mass is 9.92. The molecule has 2 aliphatic heterocycles. The van der Waals surface area contributed by atoms with Crippen molar-refractivity contribution in [2.45, 2.75) is 12.8 Å². The number of amides is 1. The summed E-state index contributed by atoms with van der Waals surface area (Å²) in [5.74, 6) is 1.43. The molecule has 0 saturated carbocycles. The second-order valence-corrected chi connectivity index (χ2v) is 6.40. The third kappa shape index (κ3) is 3.30. The average molecular weight is 348 g/mol. The van der Waals surface area contributed by atoms with Gasteiger partial charge in [-0.15, -0.1) is 17.5 Å². The fourth-order valence-corrected chi connectivity index (χ4v) is 3.63. The maximum Gasteiger partial charge on any atom is 0.276 e. The molecule has 128 valence electrons. The molecule has 24 heavy (non-hydrogen) atoms. The third-order valence-electron chi connectivity index (χ3n) is 5.00. The molecule has 4 rings (SSSR count). The number of rotatable bonds is 2. The number of nitrogens with zero attached hydrogens (tertiary/aromatic N) is 4. The smallest absolute Gasteiger partial charge is 0.276 e. The number of hydrogen-bond donors (Lipinski definition) is 1. The number of para-hydroxylation sites is 1. The summed E-state index contributed by atoms with van der Waals surface area (Å²) in [6, 6.07) is 9.66. The van der Waals surface area contributed by atoms with E-state index in [4.69, 9.17) is 0 Å². The van der Waals surface area contributed by atoms with E-state index in [1.165, 1.54) is 4.80 Å². The summed E-state index contributed by atoms with van der Waals surface area (Å²) < 4.78 is 0. The standard InChI is InChI=1S/C17H21N5O.ClH/c23-17(21-8-6-13-10-18-11-14(13)7-9-21)16-12-19-22(20-16)15-4-2-1-3-5-15;/h1-5,12-14,18H,6-11H2;1H/t13-,14+;. The monoisotopic (exact) mass is 347 g/mol. The van der Waals surface area contributed by atoms with E-state index < -0.39 is 0 Å². The summed E-state index contributed by atoms with van der Waals surface area (Å²) in [5.41, 5.74) is 1.29. The third-order valence-corrected chi connectivity index (χ3v) is 5.00. The van der Waals surface area contributed by atoms with Gasteiger partial charge in [0.2, 0.25) is 0 Å². The summed E-state index contributed by atoms with van der Waals surface area (Å²) in [6.07, 6.45) is 3.73. The zero-order chi connectivity index (χ0) is 15.6. The van der Waals surface area contributed by atoms with Gasteiger partial charge in [-0.1, -0.05) is 18.2 Å². The Labute approximate surface area is 147 Å². The van der Waals surface area contributed by atoms with Crippen LogP contribution in [0.3, 0.4) is 0 Å². The van der Waals surface area contributed by atoms with Crippen LogP contribution in [0.4, 0.5) is 0 Å². The van der Waals surface area contributed by atoms with Gasteiger partial charge in [0.25, 0.3) is 5.91 Å². The highest BCUT2D eigenvalue weighted by Gasteiger charge is 2.32. The van der Waals surface area contributed by atoms with Gasteiger partial charge in [0, 0.05) is 13.1 Å². The second-order valence-electron chi connectivity index (χ2n) is 6.40. The van der Waals surface area contributed by atoms with Gasteiger partial charge in [0.15, 0.2) is 5.69 Å². The lowest BCUT2D eigenvalue weighted by molar-refractivity contribution is 0.0752. The van der Waals surface area contributed by atoms with Crippen molar-refractivity contribution in [2.75, 3.05) is 26.2 Å². The molecule has 1 N–H and O–H groups in total. The number of carbonyl (C=O) groups excluding carboxylic acids is 1. The van der Waals surface area contributed by atoms with E-state index in [-0.39, 0.29) is 18.3 Å². The number of benzene rings is 1. The highest BCUT2D eigenvalue weighted by Crippen LogP contribution is 2.27. The highest BCUT2D eigenvalue weighted by atomic mass is 35.5. The van der Waals surface area contributed by atoms with Gasteiger partial charge in [0.1, 0.15) is 0 Å². The Balaban J connectivity index is 0.00000169. The fraction of sp³-hybridized carbons (Fsp3) is 0.471. The zero-order valence-electron chi connectivity index (χ0n) is 13.5. The van der Waals surface area contributed by atoms with Gasteiger partial charge in [-0.25, -0.2) is 0 Å². The molecule has 0 unspecified atom stereocenters. The Hall–Kier alpha value is -1.92. The summed E-state index contributed by atoms with van der Waals surface area (Å²) in [7, 11) is 0. The first-order valence-electron chi connectivity index (χ1n) is 8.29. The molecule has 3 heterocycles. The molecule has 0 bridgehead atoms. The van der Waals surface area contributed by atoms with Crippen LogP contribution in [0, 0.1) is 11.8 Å². The maximum atomic E-state index is 12.7. The lowest BCUT2D eigenvalue weighted by Gasteiger charge is -2.19. The fourth-order valence-electron chi connectivity index (χ4n) is 3.63. The molecule has 2 fully saturated rings. The van der Waals surface area contributed by atoms with Crippen molar-refractivity contribution in [2.24, 2.45) is 11.8 Å². The van der Waals surface area contributed by atoms with E-state index in [1.54, 1.807) is 6.20 Å². The Morgan fingerprint density at radius 3 is 2.42 bits per heavy atom. The molecule has 2 atom stereocenters. The van der Waals surface area contributed by atoms with Crippen molar-refractivity contribution in [1.29, 1.82) is 0 Å². The van der Waals surface area contributed by atoms with Crippen LogP contribution >= 0.6 is 12.4 Å². The molecule has 1 amide bonds. The van der Waals surface area contributed by atoms with Crippen molar-refractivity contribution in [1.82, 2.24) is 25.2 Å². The first kappa shape index (κ1) is 16.9. The number of fused-ring (bicyclic) bond motifs is 1. The Bertz CT molecular complexity index is 675. The average Bonchev–Trinajstić information content (AvgIpc) is 3.21. The van der Waals surface area contributed by atoms with Crippen molar-refractivity contribution < 1.29 is 4.79 Å². The quantitative estimate of drug-likeness (QED) is 0.899. The number of aromatic nitrogens is 3. The van der Waals surface area contributed by atoms with Crippen molar-refractivity contribution in [3.05, 3.63) is 42.2 Å². The number of halogens is 1. The molecule has 2 aromatic rings. The van der Waals surface area contributed by atoms with Gasteiger partial charge in [-0.3, -0.25) is 4.79 Å². The van der Waals surface area contributed by atoms with E-state index in [0.717, 1.165) is 44.7 Å². The summed E-state index contributed by atoms with van der Waals surface area (Å²) in [5, 5.41) is 12.1. The molecule has 0 spiro atoms.